The van der Waals surface area contributed by atoms with Gasteiger partial charge in [-0.2, -0.15) is 0 Å². The smallest absolute Gasteiger partial charge is 0.410 e. The Kier molecular flexibility index (Phi) is 17.7. The van der Waals surface area contributed by atoms with E-state index in [-0.39, 0.29) is 38.1 Å². The van der Waals surface area contributed by atoms with Crippen LogP contribution >= 0.6 is 11.6 Å². The normalized spacial score (nSPS) is 10.6. The zero-order valence-corrected chi connectivity index (χ0v) is 30.6. The number of nitrogens with zero attached hydrogens (tertiary/aromatic N) is 3. The predicted octanol–water partition coefficient (Wildman–Crippen LogP) is 7.83. The Bertz CT molecular complexity index is 1680. The number of unbranched alkanes of at least 4 members (excludes halogenated alkanes) is 2. The first-order chi connectivity index (χ1) is 25.9. The first kappa shape index (κ1) is 40.4. The van der Waals surface area contributed by atoms with E-state index in [0.717, 1.165) is 16.7 Å². The minimum atomic E-state index is -0.458. The standard InChI is InChI=1S/C41H47ClN4O7/c42-37-23-22-36(29-44-37)39(48)43-24-14-28-46(41(50)53-32-35-19-8-3-9-20-35)27-13-12-26-45(40(49)52-31-34-17-6-2-7-18-34)25-11-10-21-38(47)51-30-33-15-4-1-5-16-33/h1-9,15-20,22-23,29H,10-14,21,24-28,30-32H2,(H,43,48). The number of nitrogens with one attached hydrogen (secondary N) is 1. The van der Waals surface area contributed by atoms with Crippen molar-refractivity contribution in [2.45, 2.75) is 58.3 Å². The van der Waals surface area contributed by atoms with Gasteiger partial charge in [0.05, 0.1) is 5.56 Å². The van der Waals surface area contributed by atoms with E-state index in [1.807, 2.05) is 91.0 Å². The highest BCUT2D eigenvalue weighted by atomic mass is 35.5. The maximum Gasteiger partial charge on any atom is 0.410 e. The van der Waals surface area contributed by atoms with E-state index >= 15 is 0 Å². The molecule has 1 heterocycles. The third-order valence-electron chi connectivity index (χ3n) is 8.21. The summed E-state index contributed by atoms with van der Waals surface area (Å²) >= 11 is 5.83. The van der Waals surface area contributed by atoms with E-state index in [4.69, 9.17) is 25.8 Å². The van der Waals surface area contributed by atoms with Gasteiger partial charge in [0.2, 0.25) is 0 Å². The van der Waals surface area contributed by atoms with Gasteiger partial charge in [0, 0.05) is 45.3 Å². The van der Waals surface area contributed by atoms with Gasteiger partial charge in [-0.25, -0.2) is 14.6 Å². The number of rotatable bonds is 21. The molecule has 1 aromatic heterocycles. The average Bonchev–Trinajstić information content (AvgIpc) is 3.19. The largest absolute Gasteiger partial charge is 0.461 e. The maximum absolute atomic E-state index is 13.2. The number of hydrogen-bond acceptors (Lipinski definition) is 8. The van der Waals surface area contributed by atoms with E-state index in [1.165, 1.54) is 6.20 Å². The van der Waals surface area contributed by atoms with Gasteiger partial charge in [-0.05, 0) is 60.9 Å². The lowest BCUT2D eigenvalue weighted by Gasteiger charge is -2.24. The highest BCUT2D eigenvalue weighted by Gasteiger charge is 2.18. The minimum absolute atomic E-state index is 0.136. The van der Waals surface area contributed by atoms with Crippen molar-refractivity contribution in [3.63, 3.8) is 0 Å². The number of benzene rings is 3. The molecule has 11 nitrogen and oxygen atoms in total. The number of halogens is 1. The van der Waals surface area contributed by atoms with Crippen molar-refractivity contribution in [1.82, 2.24) is 20.1 Å². The third kappa shape index (κ3) is 15.8. The molecular formula is C41H47ClN4O7. The van der Waals surface area contributed by atoms with E-state index in [2.05, 4.69) is 10.3 Å². The first-order valence-electron chi connectivity index (χ1n) is 17.9. The van der Waals surface area contributed by atoms with Gasteiger partial charge in [0.15, 0.2) is 0 Å². The molecule has 0 aliphatic carbocycles. The summed E-state index contributed by atoms with van der Waals surface area (Å²) < 4.78 is 16.6. The molecular weight excluding hydrogens is 696 g/mol. The van der Waals surface area contributed by atoms with E-state index in [1.54, 1.807) is 21.9 Å². The fourth-order valence-corrected chi connectivity index (χ4v) is 5.39. The minimum Gasteiger partial charge on any atom is -0.461 e. The zero-order valence-electron chi connectivity index (χ0n) is 29.9. The summed E-state index contributed by atoms with van der Waals surface area (Å²) in [6.07, 6.45) is 3.60. The van der Waals surface area contributed by atoms with Crippen LogP contribution in [0, 0.1) is 0 Å². The molecule has 0 aliphatic heterocycles. The summed E-state index contributed by atoms with van der Waals surface area (Å²) in [6.45, 7) is 2.41. The molecule has 4 rings (SSSR count). The molecule has 0 fully saturated rings. The van der Waals surface area contributed by atoms with Crippen LogP contribution in [-0.4, -0.2) is 71.6 Å². The summed E-state index contributed by atoms with van der Waals surface area (Å²) in [5, 5.41) is 3.15. The fraction of sp³-hybridized carbons (Fsp3) is 0.341. The number of ether oxygens (including phenoxy) is 3. The van der Waals surface area contributed by atoms with Crippen molar-refractivity contribution in [3.05, 3.63) is 137 Å². The molecule has 3 amide bonds. The number of aromatic nitrogens is 1. The van der Waals surface area contributed by atoms with Crippen LogP contribution in [-0.2, 0) is 38.8 Å². The monoisotopic (exact) mass is 742 g/mol. The fourth-order valence-electron chi connectivity index (χ4n) is 5.28. The number of esters is 1. The molecule has 12 heteroatoms. The molecule has 0 spiro atoms. The lowest BCUT2D eigenvalue weighted by atomic mass is 10.2. The highest BCUT2D eigenvalue weighted by Crippen LogP contribution is 2.11. The van der Waals surface area contributed by atoms with Crippen LogP contribution < -0.4 is 5.32 Å². The molecule has 280 valence electrons. The molecule has 0 saturated heterocycles. The van der Waals surface area contributed by atoms with Crippen molar-refractivity contribution in [2.24, 2.45) is 0 Å². The van der Waals surface area contributed by atoms with Gasteiger partial charge in [-0.15, -0.1) is 0 Å². The van der Waals surface area contributed by atoms with Crippen LogP contribution in [0.25, 0.3) is 0 Å². The third-order valence-corrected chi connectivity index (χ3v) is 8.44. The van der Waals surface area contributed by atoms with Crippen LogP contribution in [0.1, 0.15) is 65.6 Å². The van der Waals surface area contributed by atoms with Crippen molar-refractivity contribution in [1.29, 1.82) is 0 Å². The van der Waals surface area contributed by atoms with Gasteiger partial charge >= 0.3 is 18.2 Å². The summed E-state index contributed by atoms with van der Waals surface area (Å²) in [6, 6.07) is 31.6. The summed E-state index contributed by atoms with van der Waals surface area (Å²) in [5.41, 5.74) is 3.07. The average molecular weight is 743 g/mol. The quantitative estimate of drug-likeness (QED) is 0.0396. The molecule has 53 heavy (non-hydrogen) atoms. The number of carbonyl (C=O) groups excluding carboxylic acids is 4. The molecule has 3 aromatic carbocycles. The van der Waals surface area contributed by atoms with Gasteiger partial charge in [-0.1, -0.05) is 103 Å². The number of carbonyl (C=O) groups is 4. The van der Waals surface area contributed by atoms with Crippen molar-refractivity contribution >= 4 is 35.7 Å². The predicted molar refractivity (Wildman–Crippen MR) is 202 cm³/mol. The van der Waals surface area contributed by atoms with Gasteiger partial charge in [0.1, 0.15) is 25.0 Å². The van der Waals surface area contributed by atoms with Gasteiger partial charge in [0.25, 0.3) is 5.91 Å². The van der Waals surface area contributed by atoms with Crippen molar-refractivity contribution in [2.75, 3.05) is 32.7 Å². The molecule has 0 saturated carbocycles. The molecule has 0 bridgehead atoms. The Morgan fingerprint density at radius 3 is 1.49 bits per heavy atom. The first-order valence-corrected chi connectivity index (χ1v) is 18.3. The van der Waals surface area contributed by atoms with Crippen LogP contribution in [0.4, 0.5) is 9.59 Å². The second kappa shape index (κ2) is 23.2. The summed E-state index contributed by atoms with van der Waals surface area (Å²) in [4.78, 5) is 58.4. The number of hydrogen-bond donors (Lipinski definition) is 1. The Balaban J connectivity index is 1.26. The summed E-state index contributed by atoms with van der Waals surface area (Å²) in [5.74, 6) is -0.566. The lowest BCUT2D eigenvalue weighted by Crippen LogP contribution is -2.36. The molecule has 0 radical (unpaired) electrons. The van der Waals surface area contributed by atoms with E-state index in [0.29, 0.717) is 75.5 Å². The molecule has 0 atom stereocenters. The topological polar surface area (TPSA) is 127 Å². The molecule has 4 aromatic rings. The summed E-state index contributed by atoms with van der Waals surface area (Å²) in [7, 11) is 0. The van der Waals surface area contributed by atoms with E-state index < -0.39 is 12.2 Å². The SMILES string of the molecule is O=C(CCCCN(CCCCN(CCCNC(=O)c1ccc(Cl)nc1)C(=O)OCc1ccccc1)C(=O)OCc1ccccc1)OCc1ccccc1. The Hall–Kier alpha value is -5.42. The van der Waals surface area contributed by atoms with Gasteiger partial charge < -0.3 is 29.3 Å². The van der Waals surface area contributed by atoms with Crippen LogP contribution in [0.2, 0.25) is 5.15 Å². The van der Waals surface area contributed by atoms with Crippen molar-refractivity contribution < 1.29 is 33.4 Å². The Morgan fingerprint density at radius 2 is 1.02 bits per heavy atom. The Morgan fingerprint density at radius 1 is 0.566 bits per heavy atom. The Labute approximate surface area is 316 Å². The second-order valence-electron chi connectivity index (χ2n) is 12.3. The maximum atomic E-state index is 13.2. The second-order valence-corrected chi connectivity index (χ2v) is 12.7. The lowest BCUT2D eigenvalue weighted by molar-refractivity contribution is -0.145. The van der Waals surface area contributed by atoms with Gasteiger partial charge in [-0.3, -0.25) is 9.59 Å². The molecule has 1 N–H and O–H groups in total. The number of amides is 3. The van der Waals surface area contributed by atoms with Crippen LogP contribution in [0.15, 0.2) is 109 Å². The van der Waals surface area contributed by atoms with Crippen LogP contribution in [0.5, 0.6) is 0 Å². The van der Waals surface area contributed by atoms with Crippen molar-refractivity contribution in [3.8, 4) is 0 Å². The molecule has 0 unspecified atom stereocenters. The molecule has 0 aliphatic rings. The number of pyridine rings is 1. The van der Waals surface area contributed by atoms with Crippen LogP contribution in [0.3, 0.4) is 0 Å². The van der Waals surface area contributed by atoms with E-state index in [9.17, 15) is 19.2 Å². The zero-order chi connectivity index (χ0) is 37.5. The highest BCUT2D eigenvalue weighted by molar-refractivity contribution is 6.29.